The molecule has 0 spiro atoms. The van der Waals surface area contributed by atoms with Gasteiger partial charge in [-0.3, -0.25) is 19.5 Å². The molecule has 126 valence electrons. The lowest BCUT2D eigenvalue weighted by molar-refractivity contribution is -0.384. The van der Waals surface area contributed by atoms with Crippen molar-refractivity contribution in [3.63, 3.8) is 0 Å². The van der Waals surface area contributed by atoms with Crippen molar-refractivity contribution < 1.29 is 13.3 Å². The average molecular weight is 368 g/mol. The number of nitro benzene ring substituents is 1. The van der Waals surface area contributed by atoms with Gasteiger partial charge in [0.25, 0.3) is 11.2 Å². The number of hydrogen-bond donors (Lipinski definition) is 1. The van der Waals surface area contributed by atoms with Crippen LogP contribution in [-0.2, 0) is 9.84 Å². The summed E-state index contributed by atoms with van der Waals surface area (Å²) in [5, 5.41) is 11.0. The summed E-state index contributed by atoms with van der Waals surface area (Å²) in [4.78, 5) is 26.1. The molecule has 1 atom stereocenters. The van der Waals surface area contributed by atoms with E-state index in [2.05, 4.69) is 4.98 Å². The molecule has 3 rings (SSSR count). The number of benzene rings is 1. The largest absolute Gasteiger partial charge is 0.383 e. The maximum Gasteiger partial charge on any atom is 0.269 e. The number of non-ortho nitro benzene ring substituents is 1. The van der Waals surface area contributed by atoms with E-state index in [9.17, 15) is 23.3 Å². The first-order valence-corrected chi connectivity index (χ1v) is 9.41. The van der Waals surface area contributed by atoms with E-state index in [1.165, 1.54) is 28.5 Å². The number of hydrogen-bond acceptors (Lipinski definition) is 8. The van der Waals surface area contributed by atoms with Gasteiger partial charge in [0.1, 0.15) is 5.82 Å². The smallest absolute Gasteiger partial charge is 0.269 e. The Morgan fingerprint density at radius 3 is 2.67 bits per heavy atom. The predicted octanol–water partition coefficient (Wildman–Crippen LogP) is 0.854. The van der Waals surface area contributed by atoms with Crippen molar-refractivity contribution in [3.05, 3.63) is 50.8 Å². The molecule has 0 aliphatic carbocycles. The summed E-state index contributed by atoms with van der Waals surface area (Å²) in [6.45, 7) is 0. The van der Waals surface area contributed by atoms with Gasteiger partial charge >= 0.3 is 0 Å². The van der Waals surface area contributed by atoms with Crippen LogP contribution in [0.25, 0.3) is 0 Å². The van der Waals surface area contributed by atoms with E-state index in [4.69, 9.17) is 5.73 Å². The van der Waals surface area contributed by atoms with Crippen LogP contribution in [0.5, 0.6) is 0 Å². The normalized spacial score (nSPS) is 16.8. The summed E-state index contributed by atoms with van der Waals surface area (Å²) in [5.41, 5.74) is 4.94. The number of nitrogens with two attached hydrogens (primary N) is 1. The van der Waals surface area contributed by atoms with Crippen molar-refractivity contribution in [1.29, 1.82) is 0 Å². The molecule has 2 N–H and O–H groups in total. The highest BCUT2D eigenvalue weighted by molar-refractivity contribution is 7.99. The molecule has 0 saturated heterocycles. The molecule has 0 radical (unpaired) electrons. The van der Waals surface area contributed by atoms with Crippen LogP contribution in [0.3, 0.4) is 0 Å². The van der Waals surface area contributed by atoms with Gasteiger partial charge in [-0.05, 0) is 12.1 Å². The zero-order valence-electron chi connectivity index (χ0n) is 12.2. The molecule has 0 saturated carbocycles. The van der Waals surface area contributed by atoms with Gasteiger partial charge in [0, 0.05) is 24.0 Å². The number of rotatable bonds is 4. The molecular weight excluding hydrogens is 356 g/mol. The zero-order chi connectivity index (χ0) is 17.5. The fourth-order valence-corrected chi connectivity index (χ4v) is 5.24. The average Bonchev–Trinajstić information content (AvgIpc) is 2.89. The second-order valence-corrected chi connectivity index (χ2v) is 8.19. The van der Waals surface area contributed by atoms with Crippen molar-refractivity contribution in [2.24, 2.45) is 0 Å². The Labute approximate surface area is 140 Å². The van der Waals surface area contributed by atoms with Crippen LogP contribution >= 0.6 is 11.8 Å². The Morgan fingerprint density at radius 1 is 1.38 bits per heavy atom. The van der Waals surface area contributed by atoms with Gasteiger partial charge in [0.2, 0.25) is 0 Å². The summed E-state index contributed by atoms with van der Waals surface area (Å²) in [5.74, 6) is 0.187. The van der Waals surface area contributed by atoms with Crippen LogP contribution in [0.4, 0.5) is 11.5 Å². The Hall–Kier alpha value is -2.40. The number of fused-ring (bicyclic) bond motifs is 1. The Kier molecular flexibility index (Phi) is 4.05. The SMILES string of the molecule is Nc1cc(=O)n2c(n1)SC[C@H]2CS(=O)(=O)c1ccc([N+](=O)[O-])cc1. The first kappa shape index (κ1) is 16.5. The summed E-state index contributed by atoms with van der Waals surface area (Å²) in [7, 11) is -3.71. The van der Waals surface area contributed by atoms with Crippen LogP contribution < -0.4 is 11.3 Å². The van der Waals surface area contributed by atoms with Crippen molar-refractivity contribution >= 4 is 33.1 Å². The van der Waals surface area contributed by atoms with Crippen LogP contribution in [0.2, 0.25) is 0 Å². The number of nitrogen functional groups attached to an aromatic ring is 1. The molecule has 1 aliphatic rings. The van der Waals surface area contributed by atoms with Crippen LogP contribution in [-0.4, -0.2) is 34.4 Å². The molecule has 0 fully saturated rings. The molecule has 2 aromatic rings. The minimum absolute atomic E-state index is 0.0250. The minimum atomic E-state index is -3.71. The third-order valence-electron chi connectivity index (χ3n) is 3.53. The van der Waals surface area contributed by atoms with Gasteiger partial charge in [0.05, 0.1) is 21.6 Å². The van der Waals surface area contributed by atoms with E-state index in [0.29, 0.717) is 10.9 Å². The molecular formula is C13H12N4O5S2. The Morgan fingerprint density at radius 2 is 2.04 bits per heavy atom. The third kappa shape index (κ3) is 2.99. The van der Waals surface area contributed by atoms with E-state index in [-0.39, 0.29) is 22.2 Å². The number of thioether (sulfide) groups is 1. The highest BCUT2D eigenvalue weighted by Crippen LogP contribution is 2.32. The van der Waals surface area contributed by atoms with Gasteiger partial charge < -0.3 is 5.73 Å². The second kappa shape index (κ2) is 5.91. The van der Waals surface area contributed by atoms with Crippen molar-refractivity contribution in [3.8, 4) is 0 Å². The van der Waals surface area contributed by atoms with Crippen LogP contribution in [0, 0.1) is 10.1 Å². The van der Waals surface area contributed by atoms with Crippen LogP contribution in [0.1, 0.15) is 6.04 Å². The van der Waals surface area contributed by atoms with E-state index >= 15 is 0 Å². The number of sulfone groups is 1. The number of nitrogens with zero attached hydrogens (tertiary/aromatic N) is 3. The molecule has 9 nitrogen and oxygen atoms in total. The fourth-order valence-electron chi connectivity index (χ4n) is 2.42. The second-order valence-electron chi connectivity index (χ2n) is 5.17. The fraction of sp³-hybridized carbons (Fsp3) is 0.231. The quantitative estimate of drug-likeness (QED) is 0.476. The standard InChI is InChI=1S/C13H12N4O5S2/c14-11-5-12(18)16-9(6-23-13(16)15-11)7-24(21,22)10-3-1-8(2-4-10)17(19)20/h1-5,9H,6-7,14H2/t9-/m0/s1. The predicted molar refractivity (Wildman–Crippen MR) is 87.8 cm³/mol. The highest BCUT2D eigenvalue weighted by Gasteiger charge is 2.30. The van der Waals surface area contributed by atoms with E-state index in [1.54, 1.807) is 0 Å². The molecule has 1 aromatic heterocycles. The Bertz CT molecular complexity index is 969. The maximum absolute atomic E-state index is 12.5. The minimum Gasteiger partial charge on any atom is -0.383 e. The zero-order valence-corrected chi connectivity index (χ0v) is 13.8. The van der Waals surface area contributed by atoms with Gasteiger partial charge in [-0.1, -0.05) is 11.8 Å². The first-order valence-electron chi connectivity index (χ1n) is 6.77. The Balaban J connectivity index is 1.90. The molecule has 0 amide bonds. The molecule has 1 aromatic carbocycles. The lowest BCUT2D eigenvalue weighted by Gasteiger charge is -2.13. The van der Waals surface area contributed by atoms with Gasteiger partial charge in [-0.2, -0.15) is 0 Å². The number of nitro groups is 1. The van der Waals surface area contributed by atoms with Crippen molar-refractivity contribution in [2.45, 2.75) is 16.1 Å². The number of aromatic nitrogens is 2. The highest BCUT2D eigenvalue weighted by atomic mass is 32.2. The summed E-state index contributed by atoms with van der Waals surface area (Å²) in [6.07, 6.45) is 0. The molecule has 2 heterocycles. The lowest BCUT2D eigenvalue weighted by Crippen LogP contribution is -2.29. The molecule has 0 unspecified atom stereocenters. The monoisotopic (exact) mass is 368 g/mol. The van der Waals surface area contributed by atoms with Crippen LogP contribution in [0.15, 0.2) is 45.2 Å². The molecule has 11 heteroatoms. The van der Waals surface area contributed by atoms with Gasteiger partial charge in [-0.25, -0.2) is 13.4 Å². The van der Waals surface area contributed by atoms with Gasteiger partial charge in [-0.15, -0.1) is 0 Å². The van der Waals surface area contributed by atoms with Crippen molar-refractivity contribution in [2.75, 3.05) is 17.2 Å². The van der Waals surface area contributed by atoms with Crippen molar-refractivity contribution in [1.82, 2.24) is 9.55 Å². The molecule has 24 heavy (non-hydrogen) atoms. The maximum atomic E-state index is 12.5. The number of anilines is 1. The van der Waals surface area contributed by atoms with Gasteiger partial charge in [0.15, 0.2) is 15.0 Å². The summed E-state index contributed by atoms with van der Waals surface area (Å²) >= 11 is 1.26. The van der Waals surface area contributed by atoms with E-state index in [0.717, 1.165) is 18.2 Å². The first-order chi connectivity index (χ1) is 11.3. The van der Waals surface area contributed by atoms with E-state index < -0.39 is 26.4 Å². The van der Waals surface area contributed by atoms with E-state index in [1.807, 2.05) is 0 Å². The molecule has 1 aliphatic heterocycles. The molecule has 0 bridgehead atoms. The third-order valence-corrected chi connectivity index (χ3v) is 6.44. The summed E-state index contributed by atoms with van der Waals surface area (Å²) < 4.78 is 26.4. The lowest BCUT2D eigenvalue weighted by atomic mass is 10.3. The topological polar surface area (TPSA) is 138 Å². The summed E-state index contributed by atoms with van der Waals surface area (Å²) in [6, 6.07) is 5.25.